The monoisotopic (exact) mass is 422 g/mol. The van der Waals surface area contributed by atoms with Crippen LogP contribution in [0.25, 0.3) is 10.9 Å². The standard InChI is InChI=1S/C24H26N2O5/c1-29-22-12-16(23(27)30-2)8-7-15(22)11-17-14-25-21-10-9-18(13-20(17)21)26-24(28)31-19-5-3-4-6-19/h7-10,12-14,19,25H,3-6,11H2,1-2H3,(H,26,28). The van der Waals surface area contributed by atoms with Crippen LogP contribution in [0.3, 0.4) is 0 Å². The molecule has 1 fully saturated rings. The van der Waals surface area contributed by atoms with Crippen molar-refractivity contribution in [3.05, 3.63) is 59.3 Å². The smallest absolute Gasteiger partial charge is 0.411 e. The van der Waals surface area contributed by atoms with Gasteiger partial charge in [0.15, 0.2) is 0 Å². The van der Waals surface area contributed by atoms with Crippen LogP contribution in [0.5, 0.6) is 5.75 Å². The van der Waals surface area contributed by atoms with Crippen molar-refractivity contribution in [2.75, 3.05) is 19.5 Å². The summed E-state index contributed by atoms with van der Waals surface area (Å²) >= 11 is 0. The van der Waals surface area contributed by atoms with Crippen LogP contribution in [0, 0.1) is 0 Å². The molecule has 1 aromatic heterocycles. The predicted molar refractivity (Wildman–Crippen MR) is 118 cm³/mol. The summed E-state index contributed by atoms with van der Waals surface area (Å²) in [5, 5.41) is 3.84. The number of carbonyl (C=O) groups excluding carboxylic acids is 2. The van der Waals surface area contributed by atoms with E-state index < -0.39 is 12.1 Å². The number of benzene rings is 2. The number of H-pyrrole nitrogens is 1. The summed E-state index contributed by atoms with van der Waals surface area (Å²) in [5.41, 5.74) is 4.08. The Morgan fingerprint density at radius 2 is 1.87 bits per heavy atom. The fourth-order valence-corrected chi connectivity index (χ4v) is 4.05. The van der Waals surface area contributed by atoms with Gasteiger partial charge in [0.1, 0.15) is 11.9 Å². The van der Waals surface area contributed by atoms with Crippen LogP contribution < -0.4 is 10.1 Å². The third kappa shape index (κ3) is 4.66. The molecule has 0 radical (unpaired) electrons. The molecule has 2 N–H and O–H groups in total. The molecule has 0 spiro atoms. The molecule has 0 atom stereocenters. The van der Waals surface area contributed by atoms with E-state index in [0.717, 1.165) is 47.7 Å². The Hall–Kier alpha value is -3.48. The largest absolute Gasteiger partial charge is 0.496 e. The molecule has 1 amide bonds. The van der Waals surface area contributed by atoms with Gasteiger partial charge in [-0.2, -0.15) is 0 Å². The van der Waals surface area contributed by atoms with Gasteiger partial charge >= 0.3 is 12.1 Å². The number of methoxy groups -OCH3 is 2. The molecule has 31 heavy (non-hydrogen) atoms. The first-order valence-electron chi connectivity index (χ1n) is 10.4. The molecular weight excluding hydrogens is 396 g/mol. The number of nitrogens with one attached hydrogen (secondary N) is 2. The van der Waals surface area contributed by atoms with Gasteiger partial charge in [-0.1, -0.05) is 6.07 Å². The zero-order valence-corrected chi connectivity index (χ0v) is 17.7. The molecule has 7 nitrogen and oxygen atoms in total. The van der Waals surface area contributed by atoms with E-state index in [1.807, 2.05) is 30.5 Å². The lowest BCUT2D eigenvalue weighted by atomic mass is 10.0. The molecule has 162 valence electrons. The van der Waals surface area contributed by atoms with E-state index >= 15 is 0 Å². The Kier molecular flexibility index (Phi) is 6.11. The minimum atomic E-state index is -0.414. The number of aromatic amines is 1. The van der Waals surface area contributed by atoms with Crippen molar-refractivity contribution in [1.29, 1.82) is 0 Å². The second kappa shape index (κ2) is 9.12. The number of rotatable bonds is 6. The van der Waals surface area contributed by atoms with Crippen molar-refractivity contribution in [3.8, 4) is 5.75 Å². The van der Waals surface area contributed by atoms with Gasteiger partial charge < -0.3 is 19.2 Å². The number of aromatic nitrogens is 1. The van der Waals surface area contributed by atoms with E-state index in [1.165, 1.54) is 7.11 Å². The number of ether oxygens (including phenoxy) is 3. The van der Waals surface area contributed by atoms with Crippen LogP contribution >= 0.6 is 0 Å². The summed E-state index contributed by atoms with van der Waals surface area (Å²) in [6.07, 6.45) is 6.24. The number of amides is 1. The molecule has 2 aromatic carbocycles. The van der Waals surface area contributed by atoms with Gasteiger partial charge in [-0.25, -0.2) is 9.59 Å². The van der Waals surface area contributed by atoms with E-state index in [9.17, 15) is 9.59 Å². The Labute approximate surface area is 180 Å². The Bertz CT molecular complexity index is 1100. The van der Waals surface area contributed by atoms with E-state index in [4.69, 9.17) is 14.2 Å². The first-order valence-corrected chi connectivity index (χ1v) is 10.4. The second-order valence-electron chi connectivity index (χ2n) is 7.71. The fourth-order valence-electron chi connectivity index (χ4n) is 4.05. The number of carbonyl (C=O) groups is 2. The molecule has 0 saturated heterocycles. The minimum absolute atomic E-state index is 0.0203. The Morgan fingerprint density at radius 3 is 2.61 bits per heavy atom. The lowest BCUT2D eigenvalue weighted by molar-refractivity contribution is 0.0600. The number of anilines is 1. The lowest BCUT2D eigenvalue weighted by Crippen LogP contribution is -2.20. The van der Waals surface area contributed by atoms with Crippen molar-refractivity contribution >= 4 is 28.7 Å². The highest BCUT2D eigenvalue weighted by atomic mass is 16.6. The Balaban J connectivity index is 1.54. The van der Waals surface area contributed by atoms with Crippen molar-refractivity contribution in [1.82, 2.24) is 4.98 Å². The molecule has 1 saturated carbocycles. The van der Waals surface area contributed by atoms with Crippen LogP contribution in [0.15, 0.2) is 42.6 Å². The molecule has 0 bridgehead atoms. The summed E-state index contributed by atoms with van der Waals surface area (Å²) in [7, 11) is 2.93. The normalized spacial score (nSPS) is 13.9. The van der Waals surface area contributed by atoms with Crippen molar-refractivity contribution in [2.45, 2.75) is 38.2 Å². The summed E-state index contributed by atoms with van der Waals surface area (Å²) < 4.78 is 15.8. The first-order chi connectivity index (χ1) is 15.1. The number of hydrogen-bond acceptors (Lipinski definition) is 5. The maximum Gasteiger partial charge on any atom is 0.411 e. The molecule has 4 rings (SSSR count). The maximum absolute atomic E-state index is 12.2. The SMILES string of the molecule is COC(=O)c1ccc(Cc2c[nH]c3ccc(NC(=O)OC4CCCC4)cc23)c(OC)c1. The average Bonchev–Trinajstić information content (AvgIpc) is 3.43. The molecular formula is C24H26N2O5. The summed E-state index contributed by atoms with van der Waals surface area (Å²) in [6.45, 7) is 0. The molecule has 7 heteroatoms. The Morgan fingerprint density at radius 1 is 1.06 bits per heavy atom. The van der Waals surface area contributed by atoms with Crippen molar-refractivity contribution < 1.29 is 23.8 Å². The quantitative estimate of drug-likeness (QED) is 0.543. The topological polar surface area (TPSA) is 89.7 Å². The van der Waals surface area contributed by atoms with Gasteiger partial charge in [0.2, 0.25) is 0 Å². The van der Waals surface area contributed by atoms with Gasteiger partial charge in [-0.3, -0.25) is 5.32 Å². The molecule has 0 aliphatic heterocycles. The summed E-state index contributed by atoms with van der Waals surface area (Å²) in [5.74, 6) is 0.212. The average molecular weight is 422 g/mol. The van der Waals surface area contributed by atoms with Crippen LogP contribution in [0.4, 0.5) is 10.5 Å². The zero-order chi connectivity index (χ0) is 21.8. The highest BCUT2D eigenvalue weighted by Gasteiger charge is 2.19. The maximum atomic E-state index is 12.2. The van der Waals surface area contributed by atoms with Crippen molar-refractivity contribution in [3.63, 3.8) is 0 Å². The molecule has 1 heterocycles. The van der Waals surface area contributed by atoms with Gasteiger partial charge in [-0.05, 0) is 67.1 Å². The minimum Gasteiger partial charge on any atom is -0.496 e. The van der Waals surface area contributed by atoms with Crippen molar-refractivity contribution in [2.24, 2.45) is 0 Å². The second-order valence-corrected chi connectivity index (χ2v) is 7.71. The third-order valence-corrected chi connectivity index (χ3v) is 5.68. The van der Waals surface area contributed by atoms with Crippen LogP contribution in [-0.4, -0.2) is 37.4 Å². The van der Waals surface area contributed by atoms with Crippen LogP contribution in [0.1, 0.15) is 47.2 Å². The first kappa shape index (κ1) is 20.8. The van der Waals surface area contributed by atoms with E-state index in [2.05, 4.69) is 10.3 Å². The summed E-state index contributed by atoms with van der Waals surface area (Å²) in [4.78, 5) is 27.3. The van der Waals surface area contributed by atoms with Crippen LogP contribution in [-0.2, 0) is 15.9 Å². The third-order valence-electron chi connectivity index (χ3n) is 5.68. The van der Waals surface area contributed by atoms with E-state index in [1.54, 1.807) is 19.2 Å². The van der Waals surface area contributed by atoms with Crippen LogP contribution in [0.2, 0.25) is 0 Å². The van der Waals surface area contributed by atoms with Gasteiger partial charge in [-0.15, -0.1) is 0 Å². The number of esters is 1. The molecule has 1 aliphatic rings. The summed E-state index contributed by atoms with van der Waals surface area (Å²) in [6, 6.07) is 11.0. The molecule has 0 unspecified atom stereocenters. The predicted octanol–water partition coefficient (Wildman–Crippen LogP) is 5.05. The van der Waals surface area contributed by atoms with Gasteiger partial charge in [0, 0.05) is 29.2 Å². The molecule has 1 aliphatic carbocycles. The zero-order valence-electron chi connectivity index (χ0n) is 17.7. The van der Waals surface area contributed by atoms with E-state index in [-0.39, 0.29) is 6.10 Å². The highest BCUT2D eigenvalue weighted by Crippen LogP contribution is 2.29. The fraction of sp³-hybridized carbons (Fsp3) is 0.333. The highest BCUT2D eigenvalue weighted by molar-refractivity contribution is 5.92. The lowest BCUT2D eigenvalue weighted by Gasteiger charge is -2.12. The number of hydrogen-bond donors (Lipinski definition) is 2. The van der Waals surface area contributed by atoms with Gasteiger partial charge in [0.05, 0.1) is 19.8 Å². The molecule has 3 aromatic rings. The number of fused-ring (bicyclic) bond motifs is 1. The van der Waals surface area contributed by atoms with Gasteiger partial charge in [0.25, 0.3) is 0 Å². The van der Waals surface area contributed by atoms with E-state index in [0.29, 0.717) is 23.4 Å².